The van der Waals surface area contributed by atoms with E-state index in [4.69, 9.17) is 4.42 Å². The standard InChI is InChI=1S/C14H20N2O3/c1-9-7-12(10(2)19-9)14(18)16-15-13(17)8-11-5-3-4-6-11/h7,11H,3-6,8H2,1-2H3,(H,15,17)(H,16,18). The van der Waals surface area contributed by atoms with Crippen molar-refractivity contribution in [3.8, 4) is 0 Å². The van der Waals surface area contributed by atoms with E-state index in [9.17, 15) is 9.59 Å². The van der Waals surface area contributed by atoms with Gasteiger partial charge in [-0.2, -0.15) is 0 Å². The van der Waals surface area contributed by atoms with Crippen LogP contribution in [0.1, 0.15) is 54.0 Å². The Kier molecular flexibility index (Phi) is 4.24. The molecule has 2 amide bonds. The van der Waals surface area contributed by atoms with Crippen molar-refractivity contribution >= 4 is 11.8 Å². The van der Waals surface area contributed by atoms with Crippen LogP contribution in [0.3, 0.4) is 0 Å². The van der Waals surface area contributed by atoms with Crippen molar-refractivity contribution in [1.82, 2.24) is 10.9 Å². The minimum atomic E-state index is -0.339. The first-order valence-corrected chi connectivity index (χ1v) is 6.72. The van der Waals surface area contributed by atoms with Crippen LogP contribution in [0, 0.1) is 19.8 Å². The Morgan fingerprint density at radius 1 is 1.26 bits per heavy atom. The van der Waals surface area contributed by atoms with Gasteiger partial charge < -0.3 is 4.42 Å². The monoisotopic (exact) mass is 264 g/mol. The maximum Gasteiger partial charge on any atom is 0.273 e. The maximum absolute atomic E-state index is 11.8. The largest absolute Gasteiger partial charge is 0.466 e. The molecule has 1 aliphatic rings. The first-order valence-electron chi connectivity index (χ1n) is 6.72. The predicted molar refractivity (Wildman–Crippen MR) is 70.4 cm³/mol. The van der Waals surface area contributed by atoms with E-state index in [-0.39, 0.29) is 11.8 Å². The molecule has 0 radical (unpaired) electrons. The molecular weight excluding hydrogens is 244 g/mol. The molecule has 1 aromatic heterocycles. The second-order valence-corrected chi connectivity index (χ2v) is 5.18. The zero-order valence-corrected chi connectivity index (χ0v) is 11.4. The van der Waals surface area contributed by atoms with Crippen LogP contribution < -0.4 is 10.9 Å². The Bertz CT molecular complexity index is 473. The van der Waals surface area contributed by atoms with Crippen LogP contribution in [0.2, 0.25) is 0 Å². The molecule has 0 atom stereocenters. The van der Waals surface area contributed by atoms with Gasteiger partial charge in [0.25, 0.3) is 5.91 Å². The van der Waals surface area contributed by atoms with Crippen LogP contribution in [0.5, 0.6) is 0 Å². The zero-order chi connectivity index (χ0) is 13.8. The van der Waals surface area contributed by atoms with Crippen LogP contribution in [0.4, 0.5) is 0 Å². The molecule has 2 rings (SSSR count). The molecule has 104 valence electrons. The molecule has 1 saturated carbocycles. The first kappa shape index (κ1) is 13.6. The van der Waals surface area contributed by atoms with Gasteiger partial charge in [-0.1, -0.05) is 12.8 Å². The Morgan fingerprint density at radius 2 is 1.95 bits per heavy atom. The fourth-order valence-corrected chi connectivity index (χ4v) is 2.58. The van der Waals surface area contributed by atoms with Crippen molar-refractivity contribution in [2.24, 2.45) is 5.92 Å². The molecule has 2 N–H and O–H groups in total. The predicted octanol–water partition coefficient (Wildman–Crippen LogP) is 2.24. The maximum atomic E-state index is 11.8. The number of hydrazine groups is 1. The summed E-state index contributed by atoms with van der Waals surface area (Å²) in [5.74, 6) is 1.24. The van der Waals surface area contributed by atoms with Crippen LogP contribution in [0.25, 0.3) is 0 Å². The number of hydrogen-bond acceptors (Lipinski definition) is 3. The van der Waals surface area contributed by atoms with E-state index < -0.39 is 0 Å². The highest BCUT2D eigenvalue weighted by Gasteiger charge is 2.19. The summed E-state index contributed by atoms with van der Waals surface area (Å²) in [6, 6.07) is 1.66. The lowest BCUT2D eigenvalue weighted by molar-refractivity contribution is -0.122. The molecule has 0 aromatic carbocycles. The smallest absolute Gasteiger partial charge is 0.273 e. The Hall–Kier alpha value is -1.78. The highest BCUT2D eigenvalue weighted by atomic mass is 16.3. The van der Waals surface area contributed by atoms with E-state index in [0.29, 0.717) is 29.4 Å². The van der Waals surface area contributed by atoms with E-state index >= 15 is 0 Å². The van der Waals surface area contributed by atoms with E-state index in [1.54, 1.807) is 19.9 Å². The molecule has 5 heteroatoms. The van der Waals surface area contributed by atoms with Gasteiger partial charge in [-0.05, 0) is 38.7 Å². The molecule has 0 bridgehead atoms. The van der Waals surface area contributed by atoms with Crippen molar-refractivity contribution in [3.05, 3.63) is 23.2 Å². The molecular formula is C14H20N2O3. The third-order valence-electron chi connectivity index (χ3n) is 3.55. The Morgan fingerprint density at radius 3 is 2.53 bits per heavy atom. The highest BCUT2D eigenvalue weighted by molar-refractivity contribution is 5.96. The van der Waals surface area contributed by atoms with E-state index in [1.807, 2.05) is 0 Å². The third kappa shape index (κ3) is 3.59. The second kappa shape index (κ2) is 5.91. The molecule has 0 aliphatic heterocycles. The number of furan rings is 1. The van der Waals surface area contributed by atoms with E-state index in [2.05, 4.69) is 10.9 Å². The number of hydrogen-bond donors (Lipinski definition) is 2. The lowest BCUT2D eigenvalue weighted by Gasteiger charge is -2.10. The van der Waals surface area contributed by atoms with Crippen molar-refractivity contribution < 1.29 is 14.0 Å². The number of carbonyl (C=O) groups is 2. The minimum absolute atomic E-state index is 0.127. The lowest BCUT2D eigenvalue weighted by Crippen LogP contribution is -2.42. The number of carbonyl (C=O) groups excluding carboxylic acids is 2. The van der Waals surface area contributed by atoms with Gasteiger partial charge in [0, 0.05) is 6.42 Å². The Labute approximate surface area is 112 Å². The van der Waals surface area contributed by atoms with Crippen molar-refractivity contribution in [2.45, 2.75) is 46.0 Å². The average Bonchev–Trinajstić information content (AvgIpc) is 2.96. The summed E-state index contributed by atoms with van der Waals surface area (Å²) in [7, 11) is 0. The van der Waals surface area contributed by atoms with Crippen molar-refractivity contribution in [2.75, 3.05) is 0 Å². The van der Waals surface area contributed by atoms with Crippen LogP contribution in [-0.4, -0.2) is 11.8 Å². The molecule has 1 aliphatic carbocycles. The molecule has 1 fully saturated rings. The van der Waals surface area contributed by atoms with E-state index in [1.165, 1.54) is 12.8 Å². The van der Waals surface area contributed by atoms with Gasteiger partial charge in [0.1, 0.15) is 11.5 Å². The third-order valence-corrected chi connectivity index (χ3v) is 3.55. The quantitative estimate of drug-likeness (QED) is 0.822. The number of nitrogens with one attached hydrogen (secondary N) is 2. The molecule has 0 unspecified atom stereocenters. The average molecular weight is 264 g/mol. The van der Waals surface area contributed by atoms with Gasteiger partial charge in [-0.25, -0.2) is 0 Å². The summed E-state index contributed by atoms with van der Waals surface area (Å²) < 4.78 is 5.28. The highest BCUT2D eigenvalue weighted by Crippen LogP contribution is 2.27. The van der Waals surface area contributed by atoms with Crippen molar-refractivity contribution in [1.29, 1.82) is 0 Å². The fourth-order valence-electron chi connectivity index (χ4n) is 2.58. The molecule has 19 heavy (non-hydrogen) atoms. The first-order chi connectivity index (χ1) is 9.06. The van der Waals surface area contributed by atoms with Gasteiger partial charge >= 0.3 is 0 Å². The summed E-state index contributed by atoms with van der Waals surface area (Å²) in [6.07, 6.45) is 5.13. The summed E-state index contributed by atoms with van der Waals surface area (Å²) in [5, 5.41) is 0. The van der Waals surface area contributed by atoms with Gasteiger partial charge in [0.15, 0.2) is 0 Å². The van der Waals surface area contributed by atoms with Gasteiger partial charge in [-0.3, -0.25) is 20.4 Å². The molecule has 0 spiro atoms. The van der Waals surface area contributed by atoms with Crippen LogP contribution in [-0.2, 0) is 4.79 Å². The van der Waals surface area contributed by atoms with Gasteiger partial charge in [-0.15, -0.1) is 0 Å². The summed E-state index contributed by atoms with van der Waals surface area (Å²) in [5.41, 5.74) is 5.35. The number of aryl methyl sites for hydroxylation is 2. The van der Waals surface area contributed by atoms with Gasteiger partial charge in [0.2, 0.25) is 5.91 Å². The lowest BCUT2D eigenvalue weighted by atomic mass is 10.0. The minimum Gasteiger partial charge on any atom is -0.466 e. The molecule has 1 aromatic rings. The SMILES string of the molecule is Cc1cc(C(=O)NNC(=O)CC2CCCC2)c(C)o1. The molecule has 1 heterocycles. The zero-order valence-electron chi connectivity index (χ0n) is 11.4. The summed E-state index contributed by atoms with van der Waals surface area (Å²) in [4.78, 5) is 23.5. The number of amides is 2. The fraction of sp³-hybridized carbons (Fsp3) is 0.571. The normalized spacial score (nSPS) is 15.5. The second-order valence-electron chi connectivity index (χ2n) is 5.18. The van der Waals surface area contributed by atoms with E-state index in [0.717, 1.165) is 12.8 Å². The Balaban J connectivity index is 1.79. The van der Waals surface area contributed by atoms with Crippen LogP contribution in [0.15, 0.2) is 10.5 Å². The van der Waals surface area contributed by atoms with Gasteiger partial charge in [0.05, 0.1) is 5.56 Å². The summed E-state index contributed by atoms with van der Waals surface area (Å²) >= 11 is 0. The number of rotatable bonds is 3. The summed E-state index contributed by atoms with van der Waals surface area (Å²) in [6.45, 7) is 3.50. The molecule has 5 nitrogen and oxygen atoms in total. The van der Waals surface area contributed by atoms with Crippen molar-refractivity contribution in [3.63, 3.8) is 0 Å². The van der Waals surface area contributed by atoms with Crippen LogP contribution >= 0.6 is 0 Å². The topological polar surface area (TPSA) is 71.3 Å². The molecule has 0 saturated heterocycles.